The van der Waals surface area contributed by atoms with Crippen LogP contribution in [0.25, 0.3) is 0 Å². The topological polar surface area (TPSA) is 55.4 Å². The molecule has 26 heavy (non-hydrogen) atoms. The first-order valence-electron chi connectivity index (χ1n) is 9.81. The van der Waals surface area contributed by atoms with Crippen LogP contribution in [0.4, 0.5) is 0 Å². The maximum atomic E-state index is 6.48. The van der Waals surface area contributed by atoms with E-state index in [0.717, 1.165) is 19.3 Å². The number of ether oxygens (including phenoxy) is 2. The lowest BCUT2D eigenvalue weighted by atomic mass is 9.85. The molecule has 2 rings (SSSR count). The van der Waals surface area contributed by atoms with Gasteiger partial charge < -0.3 is 27.2 Å². The Kier molecular flexibility index (Phi) is 7.85. The van der Waals surface area contributed by atoms with E-state index in [4.69, 9.17) is 27.2 Å². The van der Waals surface area contributed by atoms with Gasteiger partial charge in [-0.3, -0.25) is 0 Å². The summed E-state index contributed by atoms with van der Waals surface area (Å²) in [5.41, 5.74) is -0.0291. The summed E-state index contributed by atoms with van der Waals surface area (Å²) in [5.74, 6) is -0.187. The van der Waals surface area contributed by atoms with Crippen LogP contribution >= 0.6 is 0 Å². The normalized spacial score (nSPS) is 27.7. The first-order valence-corrected chi connectivity index (χ1v) is 11.4. The number of hydrogen-bond donors (Lipinski definition) is 0. The van der Waals surface area contributed by atoms with E-state index in [9.17, 15) is 0 Å². The van der Waals surface area contributed by atoms with Gasteiger partial charge in [-0.1, -0.05) is 6.08 Å². The highest BCUT2D eigenvalue weighted by Crippen LogP contribution is 2.49. The van der Waals surface area contributed by atoms with Gasteiger partial charge in [-0.2, -0.15) is 0 Å². The van der Waals surface area contributed by atoms with Gasteiger partial charge in [0.2, 0.25) is 0 Å². The summed E-state index contributed by atoms with van der Waals surface area (Å²) < 4.78 is 36.1. The Morgan fingerprint density at radius 3 is 2.00 bits per heavy atom. The summed E-state index contributed by atoms with van der Waals surface area (Å²) in [6.45, 7) is 16.5. The van der Waals surface area contributed by atoms with Crippen molar-refractivity contribution < 1.29 is 27.2 Å². The molecule has 1 aliphatic carbocycles. The Labute approximate surface area is 159 Å². The van der Waals surface area contributed by atoms with Crippen molar-refractivity contribution in [2.45, 2.75) is 65.8 Å². The number of rotatable bonds is 10. The van der Waals surface area contributed by atoms with Crippen molar-refractivity contribution in [2.24, 2.45) is 11.3 Å². The zero-order valence-electron chi connectivity index (χ0n) is 17.0. The summed E-state index contributed by atoms with van der Waals surface area (Å²) in [7, 11) is -3.16. The largest absolute Gasteiger partial charge is 0.679 e. The highest BCUT2D eigenvalue weighted by molar-refractivity contribution is 6.53. The molecular weight excluding hydrogens is 352 g/mol. The lowest BCUT2D eigenvalue weighted by Gasteiger charge is -2.41. The van der Waals surface area contributed by atoms with Gasteiger partial charge in [0.05, 0.1) is 19.3 Å². The minimum Gasteiger partial charge on any atom is -0.351 e. The molecule has 1 heterocycles. The van der Waals surface area contributed by atoms with Crippen molar-refractivity contribution in [1.82, 2.24) is 0 Å². The molecule has 0 amide bonds. The molecule has 0 aromatic rings. The van der Waals surface area contributed by atoms with Gasteiger partial charge in [0.15, 0.2) is 5.79 Å². The zero-order chi connectivity index (χ0) is 19.3. The van der Waals surface area contributed by atoms with Crippen LogP contribution in [0, 0.1) is 11.3 Å². The maximum Gasteiger partial charge on any atom is 0.679 e. The molecule has 0 bridgehead atoms. The van der Waals surface area contributed by atoms with Crippen molar-refractivity contribution in [3.63, 3.8) is 0 Å². The minimum absolute atomic E-state index is 0.0160. The lowest BCUT2D eigenvalue weighted by Crippen LogP contribution is -2.52. The Morgan fingerprint density at radius 2 is 1.54 bits per heavy atom. The van der Waals surface area contributed by atoms with Crippen molar-refractivity contribution >= 4 is 9.05 Å². The van der Waals surface area contributed by atoms with Crippen LogP contribution in [0.2, 0.25) is 0 Å². The highest BCUT2D eigenvalue weighted by atomic mass is 28.4. The quantitative estimate of drug-likeness (QED) is 0.420. The molecule has 0 N–H and O–H groups in total. The van der Waals surface area contributed by atoms with Gasteiger partial charge in [-0.05, 0) is 59.8 Å². The third-order valence-corrected chi connectivity index (χ3v) is 7.55. The fourth-order valence-electron chi connectivity index (χ4n) is 3.87. The molecule has 2 atom stereocenters. The van der Waals surface area contributed by atoms with E-state index in [1.54, 1.807) is 0 Å². The molecule has 0 unspecified atom stereocenters. The Balaban J connectivity index is 2.15. The third kappa shape index (κ3) is 5.38. The predicted molar refractivity (Wildman–Crippen MR) is 101 cm³/mol. The van der Waals surface area contributed by atoms with Crippen molar-refractivity contribution in [1.29, 1.82) is 0 Å². The monoisotopic (exact) mass is 388 g/mol. The zero-order valence-corrected chi connectivity index (χ0v) is 18.0. The van der Waals surface area contributed by atoms with Crippen LogP contribution in [0.1, 0.15) is 53.9 Å². The fraction of sp³-hybridized carbons (Fsp3) is 0.895. The van der Waals surface area contributed by atoms with Crippen molar-refractivity contribution in [3.8, 4) is 0 Å². The van der Waals surface area contributed by atoms with Gasteiger partial charge in [-0.15, -0.1) is 6.58 Å². The summed E-state index contributed by atoms with van der Waals surface area (Å²) in [5, 5.41) is 0. The van der Waals surface area contributed by atoms with Gasteiger partial charge >= 0.3 is 9.05 Å². The molecule has 0 aromatic carbocycles. The Morgan fingerprint density at radius 1 is 1.00 bits per heavy atom. The minimum atomic E-state index is -3.16. The summed E-state index contributed by atoms with van der Waals surface area (Å²) in [6.07, 6.45) is 4.65. The molecule has 2 aliphatic rings. The van der Waals surface area contributed by atoms with E-state index >= 15 is 0 Å². The Hall–Kier alpha value is -0.283. The number of hydrogen-bond acceptors (Lipinski definition) is 6. The first kappa shape index (κ1) is 22.0. The standard InChI is InChI=1S/C19H36O6Si/c1-7-11-16-12-19(14-20-18(5,6)21-15-19)13-17(16)25-26(22-8-2,23-9-3)24-10-4/h7,16-17H,1,8-15H2,2-6H3/t16-,17+/m1/s1. The second-order valence-corrected chi connectivity index (χ2v) is 9.73. The van der Waals surface area contributed by atoms with E-state index in [1.807, 2.05) is 40.7 Å². The molecule has 1 saturated carbocycles. The van der Waals surface area contributed by atoms with E-state index in [0.29, 0.717) is 39.0 Å². The second kappa shape index (κ2) is 9.27. The molecule has 0 radical (unpaired) electrons. The van der Waals surface area contributed by atoms with E-state index in [-0.39, 0.29) is 11.5 Å². The Bertz CT molecular complexity index is 428. The molecule has 152 valence electrons. The van der Waals surface area contributed by atoms with Crippen LogP contribution in [0.3, 0.4) is 0 Å². The van der Waals surface area contributed by atoms with Crippen LogP contribution in [-0.2, 0) is 27.2 Å². The van der Waals surface area contributed by atoms with Crippen LogP contribution in [0.15, 0.2) is 12.7 Å². The second-order valence-electron chi connectivity index (χ2n) is 7.63. The van der Waals surface area contributed by atoms with E-state index < -0.39 is 14.8 Å². The molecule has 7 heteroatoms. The highest BCUT2D eigenvalue weighted by Gasteiger charge is 2.55. The van der Waals surface area contributed by atoms with Crippen LogP contribution in [-0.4, -0.2) is 54.0 Å². The smallest absolute Gasteiger partial charge is 0.351 e. The lowest BCUT2D eigenvalue weighted by molar-refractivity contribution is -0.285. The van der Waals surface area contributed by atoms with Crippen LogP contribution in [0.5, 0.6) is 0 Å². The molecule has 6 nitrogen and oxygen atoms in total. The first-order chi connectivity index (χ1) is 12.3. The molecular formula is C19H36O6Si. The van der Waals surface area contributed by atoms with Crippen LogP contribution < -0.4 is 0 Å². The average molecular weight is 389 g/mol. The third-order valence-electron chi connectivity index (χ3n) is 5.04. The molecule has 1 aliphatic heterocycles. The molecule has 2 fully saturated rings. The maximum absolute atomic E-state index is 6.48. The summed E-state index contributed by atoms with van der Waals surface area (Å²) >= 11 is 0. The molecule has 0 aromatic heterocycles. The molecule has 1 spiro atoms. The predicted octanol–water partition coefficient (Wildman–Crippen LogP) is 3.67. The van der Waals surface area contributed by atoms with Gasteiger partial charge in [0, 0.05) is 25.2 Å². The average Bonchev–Trinajstić information content (AvgIpc) is 2.90. The fourth-order valence-corrected chi connectivity index (χ4v) is 6.03. The SMILES string of the molecule is C=CC[C@@H]1CC2(COC(C)(C)OC2)C[C@@H]1O[Si](OCC)(OCC)OCC. The van der Waals surface area contributed by atoms with E-state index in [2.05, 4.69) is 6.58 Å². The van der Waals surface area contributed by atoms with Gasteiger partial charge in [0.1, 0.15) is 0 Å². The van der Waals surface area contributed by atoms with Gasteiger partial charge in [-0.25, -0.2) is 0 Å². The molecule has 1 saturated heterocycles. The van der Waals surface area contributed by atoms with E-state index in [1.165, 1.54) is 0 Å². The summed E-state index contributed by atoms with van der Waals surface area (Å²) in [4.78, 5) is 0. The van der Waals surface area contributed by atoms with Crippen molar-refractivity contribution in [3.05, 3.63) is 12.7 Å². The summed E-state index contributed by atoms with van der Waals surface area (Å²) in [6, 6.07) is 0. The number of allylic oxidation sites excluding steroid dienone is 1. The van der Waals surface area contributed by atoms with Crippen molar-refractivity contribution in [2.75, 3.05) is 33.0 Å². The van der Waals surface area contributed by atoms with Gasteiger partial charge in [0.25, 0.3) is 0 Å².